The average molecular weight is 329 g/mol. The lowest BCUT2D eigenvalue weighted by Crippen LogP contribution is -2.53. The third-order valence-electron chi connectivity index (χ3n) is 4.78. The fraction of sp³-hybridized carbons (Fsp3) is 0.471. The first-order valence-corrected chi connectivity index (χ1v) is 8.08. The van der Waals surface area contributed by atoms with Crippen molar-refractivity contribution < 1.29 is 14.4 Å². The maximum absolute atomic E-state index is 12.6. The number of piperidine rings is 1. The van der Waals surface area contributed by atoms with Crippen LogP contribution in [-0.2, 0) is 19.9 Å². The molecule has 3 amide bonds. The van der Waals surface area contributed by atoms with Crippen LogP contribution in [0.5, 0.6) is 0 Å². The standard InChI is InChI=1S/C17H21N4O3/c1-11(22)21-9-5-12(10-13(21)15(18)23)16(24)20-17(6-7-17)14-4-2-3-8-19-14/h2-4,8,13H,5-7,9-10H2,1H3,(H2,18,23)(H,20,24). The van der Waals surface area contributed by atoms with Crippen molar-refractivity contribution in [2.45, 2.75) is 44.2 Å². The molecule has 1 aliphatic heterocycles. The van der Waals surface area contributed by atoms with Gasteiger partial charge in [-0.25, -0.2) is 0 Å². The first kappa shape index (κ1) is 16.4. The summed E-state index contributed by atoms with van der Waals surface area (Å²) in [5.41, 5.74) is 5.86. The molecule has 7 nitrogen and oxygen atoms in total. The quantitative estimate of drug-likeness (QED) is 0.826. The average Bonchev–Trinajstić information content (AvgIpc) is 3.35. The van der Waals surface area contributed by atoms with E-state index >= 15 is 0 Å². The van der Waals surface area contributed by atoms with Crippen molar-refractivity contribution >= 4 is 17.7 Å². The fourth-order valence-corrected chi connectivity index (χ4v) is 3.22. The highest BCUT2D eigenvalue weighted by Gasteiger charge is 2.48. The molecule has 1 saturated carbocycles. The summed E-state index contributed by atoms with van der Waals surface area (Å²) in [5, 5.41) is 3.06. The van der Waals surface area contributed by atoms with Crippen LogP contribution in [0.15, 0.2) is 24.4 Å². The predicted octanol–water partition coefficient (Wildman–Crippen LogP) is 0.258. The van der Waals surface area contributed by atoms with Gasteiger partial charge in [0.1, 0.15) is 6.04 Å². The molecule has 1 aliphatic carbocycles. The lowest BCUT2D eigenvalue weighted by atomic mass is 9.89. The van der Waals surface area contributed by atoms with Crippen LogP contribution in [0, 0.1) is 5.92 Å². The number of likely N-dealkylation sites (tertiary alicyclic amines) is 1. The highest BCUT2D eigenvalue weighted by molar-refractivity contribution is 5.94. The molecule has 1 atom stereocenters. The Balaban J connectivity index is 1.68. The molecule has 3 N–H and O–H groups in total. The topological polar surface area (TPSA) is 105 Å². The van der Waals surface area contributed by atoms with Crippen molar-refractivity contribution in [1.82, 2.24) is 15.2 Å². The lowest BCUT2D eigenvalue weighted by molar-refractivity contribution is -0.139. The third-order valence-corrected chi connectivity index (χ3v) is 4.78. The van der Waals surface area contributed by atoms with E-state index in [2.05, 4.69) is 10.3 Å². The number of primary amides is 1. The summed E-state index contributed by atoms with van der Waals surface area (Å²) in [4.78, 5) is 41.7. The Morgan fingerprint density at radius 1 is 1.33 bits per heavy atom. The van der Waals surface area contributed by atoms with Crippen molar-refractivity contribution in [1.29, 1.82) is 0 Å². The number of pyridine rings is 1. The van der Waals surface area contributed by atoms with Crippen molar-refractivity contribution in [2.75, 3.05) is 6.54 Å². The monoisotopic (exact) mass is 329 g/mol. The third kappa shape index (κ3) is 3.11. The minimum absolute atomic E-state index is 0.174. The maximum Gasteiger partial charge on any atom is 0.240 e. The summed E-state index contributed by atoms with van der Waals surface area (Å²) in [6.07, 6.45) is 4.05. The Morgan fingerprint density at radius 3 is 2.62 bits per heavy atom. The van der Waals surface area contributed by atoms with Crippen molar-refractivity contribution in [3.8, 4) is 0 Å². The molecule has 7 heteroatoms. The van der Waals surface area contributed by atoms with E-state index in [1.165, 1.54) is 11.8 Å². The predicted molar refractivity (Wildman–Crippen MR) is 86.1 cm³/mol. The summed E-state index contributed by atoms with van der Waals surface area (Å²) < 4.78 is 0. The molecule has 0 aromatic carbocycles. The Hall–Kier alpha value is -2.44. The molecule has 2 aliphatic rings. The van der Waals surface area contributed by atoms with E-state index in [1.54, 1.807) is 6.20 Å². The molecule has 2 heterocycles. The molecule has 2 fully saturated rings. The molecule has 0 spiro atoms. The van der Waals surface area contributed by atoms with E-state index in [9.17, 15) is 14.4 Å². The summed E-state index contributed by atoms with van der Waals surface area (Å²) in [5.74, 6) is -0.349. The van der Waals surface area contributed by atoms with Crippen LogP contribution in [0.25, 0.3) is 0 Å². The van der Waals surface area contributed by atoms with Crippen molar-refractivity contribution in [3.05, 3.63) is 36.0 Å². The maximum atomic E-state index is 12.6. The Labute approximate surface area is 140 Å². The number of carbonyl (C=O) groups excluding carboxylic acids is 3. The number of nitrogens with two attached hydrogens (primary N) is 1. The highest BCUT2D eigenvalue weighted by atomic mass is 16.2. The number of nitrogens with zero attached hydrogens (tertiary/aromatic N) is 2. The first-order valence-electron chi connectivity index (χ1n) is 8.08. The molecule has 1 aromatic rings. The molecule has 127 valence electrons. The zero-order chi connectivity index (χ0) is 17.3. The number of aromatic nitrogens is 1. The number of carbonyl (C=O) groups is 3. The fourth-order valence-electron chi connectivity index (χ4n) is 3.22. The van der Waals surface area contributed by atoms with Crippen LogP contribution in [0.2, 0.25) is 0 Å². The van der Waals surface area contributed by atoms with Crippen LogP contribution in [0.3, 0.4) is 0 Å². The van der Waals surface area contributed by atoms with E-state index in [4.69, 9.17) is 5.73 Å². The van der Waals surface area contributed by atoms with E-state index in [0.717, 1.165) is 18.5 Å². The van der Waals surface area contributed by atoms with Gasteiger partial charge in [-0.1, -0.05) is 6.07 Å². The summed E-state index contributed by atoms with van der Waals surface area (Å²) >= 11 is 0. The second kappa shape index (κ2) is 6.22. The molecular formula is C17H21N4O3. The minimum Gasteiger partial charge on any atom is -0.368 e. The molecule has 1 radical (unpaired) electrons. The Bertz CT molecular complexity index is 657. The van der Waals surface area contributed by atoms with Gasteiger partial charge in [-0.3, -0.25) is 19.4 Å². The van der Waals surface area contributed by atoms with Gasteiger partial charge in [0.25, 0.3) is 0 Å². The molecule has 1 saturated heterocycles. The zero-order valence-electron chi connectivity index (χ0n) is 13.6. The van der Waals surface area contributed by atoms with Gasteiger partial charge in [-0.15, -0.1) is 0 Å². The van der Waals surface area contributed by atoms with Crippen LogP contribution < -0.4 is 11.1 Å². The molecule has 3 rings (SSSR count). The minimum atomic E-state index is -0.748. The highest BCUT2D eigenvalue weighted by Crippen LogP contribution is 2.45. The van der Waals surface area contributed by atoms with Gasteiger partial charge in [-0.2, -0.15) is 0 Å². The van der Waals surface area contributed by atoms with Crippen LogP contribution in [-0.4, -0.2) is 40.2 Å². The smallest absolute Gasteiger partial charge is 0.240 e. The summed E-state index contributed by atoms with van der Waals surface area (Å²) in [7, 11) is 0. The van der Waals surface area contributed by atoms with Gasteiger partial charge in [0.05, 0.1) is 17.2 Å². The number of nitrogens with one attached hydrogen (secondary N) is 1. The molecular weight excluding hydrogens is 308 g/mol. The van der Waals surface area contributed by atoms with Gasteiger partial charge < -0.3 is 16.0 Å². The van der Waals surface area contributed by atoms with E-state index in [-0.39, 0.29) is 18.2 Å². The summed E-state index contributed by atoms with van der Waals surface area (Å²) in [6.45, 7) is 1.74. The Morgan fingerprint density at radius 2 is 2.08 bits per heavy atom. The van der Waals surface area contributed by atoms with Gasteiger partial charge in [0.2, 0.25) is 17.7 Å². The summed E-state index contributed by atoms with van der Waals surface area (Å²) in [6, 6.07) is 4.89. The molecule has 1 unspecified atom stereocenters. The number of rotatable bonds is 4. The Kier molecular flexibility index (Phi) is 4.26. The van der Waals surface area contributed by atoms with Gasteiger partial charge >= 0.3 is 0 Å². The molecule has 1 aromatic heterocycles. The van der Waals surface area contributed by atoms with Gasteiger partial charge in [0.15, 0.2) is 0 Å². The molecule has 0 bridgehead atoms. The van der Waals surface area contributed by atoms with E-state index < -0.39 is 17.5 Å². The lowest BCUT2D eigenvalue weighted by Gasteiger charge is -2.36. The van der Waals surface area contributed by atoms with Crippen LogP contribution >= 0.6 is 0 Å². The first-order chi connectivity index (χ1) is 11.4. The number of hydrogen-bond donors (Lipinski definition) is 2. The molecule has 24 heavy (non-hydrogen) atoms. The number of amides is 3. The van der Waals surface area contributed by atoms with Gasteiger partial charge in [-0.05, 0) is 37.8 Å². The SMILES string of the molecule is CC(=O)N1CC[C](C(=O)NC2(c3ccccn3)CC2)CC1C(N)=O. The van der Waals surface area contributed by atoms with E-state index in [1.807, 2.05) is 18.2 Å². The van der Waals surface area contributed by atoms with Crippen molar-refractivity contribution in [3.63, 3.8) is 0 Å². The second-order valence-electron chi connectivity index (χ2n) is 6.44. The second-order valence-corrected chi connectivity index (χ2v) is 6.44. The number of hydrogen-bond acceptors (Lipinski definition) is 4. The zero-order valence-corrected chi connectivity index (χ0v) is 13.6. The van der Waals surface area contributed by atoms with Crippen molar-refractivity contribution in [2.24, 2.45) is 5.73 Å². The normalized spacial score (nSPS) is 22.7. The van der Waals surface area contributed by atoms with Crippen LogP contribution in [0.1, 0.15) is 38.3 Å². The van der Waals surface area contributed by atoms with Gasteiger partial charge in [0, 0.05) is 19.7 Å². The largest absolute Gasteiger partial charge is 0.368 e. The van der Waals surface area contributed by atoms with Crippen LogP contribution in [0.4, 0.5) is 0 Å². The van der Waals surface area contributed by atoms with E-state index in [0.29, 0.717) is 18.9 Å².